The molecule has 0 saturated heterocycles. The Hall–Kier alpha value is -1.92. The summed E-state index contributed by atoms with van der Waals surface area (Å²) >= 11 is 6.70. The van der Waals surface area contributed by atoms with Gasteiger partial charge in [0.05, 0.1) is 14.2 Å². The highest BCUT2D eigenvalue weighted by Crippen LogP contribution is 2.40. The fourth-order valence-electron chi connectivity index (χ4n) is 2.75. The third-order valence-corrected chi connectivity index (χ3v) is 4.97. The number of halogens is 4. The average molecular weight is 484 g/mol. The quantitative estimate of drug-likeness (QED) is 0.404. The third-order valence-electron chi connectivity index (χ3n) is 3.99. The molecule has 0 unspecified atom stereocenters. The molecule has 0 aliphatic rings. The van der Waals surface area contributed by atoms with Gasteiger partial charge in [0.1, 0.15) is 11.5 Å². The number of benzene rings is 3. The number of hydrogen-bond donors (Lipinski definition) is 0. The molecule has 0 spiro atoms. The fourth-order valence-corrected chi connectivity index (χ4v) is 3.47. The first-order valence-corrected chi connectivity index (χ1v) is 9.20. The molecule has 0 fully saturated rings. The molecule has 0 N–H and O–H groups in total. The van der Waals surface area contributed by atoms with E-state index in [0.717, 1.165) is 8.95 Å². The second-order valence-corrected chi connectivity index (χ2v) is 7.31. The SMILES string of the molecule is COc1ccc(Br)cc1-c1ccc(-c2cc(Br)ccc2OC)c(F)c1F. The molecular weight excluding hydrogens is 470 g/mol. The number of rotatable bonds is 4. The average Bonchev–Trinajstić information content (AvgIpc) is 2.64. The lowest BCUT2D eigenvalue weighted by molar-refractivity contribution is 0.415. The minimum absolute atomic E-state index is 0.123. The minimum atomic E-state index is -0.944. The molecule has 0 amide bonds. The summed E-state index contributed by atoms with van der Waals surface area (Å²) in [5.74, 6) is -0.972. The van der Waals surface area contributed by atoms with E-state index in [1.54, 1.807) is 48.5 Å². The first kappa shape index (κ1) is 18.9. The van der Waals surface area contributed by atoms with Crippen LogP contribution in [0, 0.1) is 11.6 Å². The first-order chi connectivity index (χ1) is 12.5. The van der Waals surface area contributed by atoms with Crippen LogP contribution in [-0.2, 0) is 0 Å². The molecule has 0 heterocycles. The molecule has 0 aliphatic carbocycles. The second-order valence-electron chi connectivity index (χ2n) is 5.48. The van der Waals surface area contributed by atoms with Crippen molar-refractivity contribution < 1.29 is 18.3 Å². The first-order valence-electron chi connectivity index (χ1n) is 7.62. The highest BCUT2D eigenvalue weighted by molar-refractivity contribution is 9.10. The van der Waals surface area contributed by atoms with Gasteiger partial charge < -0.3 is 9.47 Å². The molecule has 0 atom stereocenters. The van der Waals surface area contributed by atoms with E-state index in [4.69, 9.17) is 9.47 Å². The highest BCUT2D eigenvalue weighted by atomic mass is 79.9. The molecule has 0 saturated carbocycles. The molecule has 2 nitrogen and oxygen atoms in total. The monoisotopic (exact) mass is 482 g/mol. The topological polar surface area (TPSA) is 18.5 Å². The molecule has 3 rings (SSSR count). The molecule has 0 radical (unpaired) electrons. The van der Waals surface area contributed by atoms with Gasteiger partial charge in [-0.25, -0.2) is 8.78 Å². The number of methoxy groups -OCH3 is 2. The van der Waals surface area contributed by atoms with E-state index in [1.807, 2.05) is 0 Å². The van der Waals surface area contributed by atoms with Crippen LogP contribution in [0.5, 0.6) is 11.5 Å². The van der Waals surface area contributed by atoms with Gasteiger partial charge >= 0.3 is 0 Å². The molecule has 0 bridgehead atoms. The molecule has 0 aliphatic heterocycles. The Morgan fingerprint density at radius 3 is 1.35 bits per heavy atom. The Kier molecular flexibility index (Phi) is 5.63. The van der Waals surface area contributed by atoms with E-state index >= 15 is 0 Å². The summed E-state index contributed by atoms with van der Waals surface area (Å²) in [4.78, 5) is 0. The zero-order valence-electron chi connectivity index (χ0n) is 13.9. The molecule has 26 heavy (non-hydrogen) atoms. The lowest BCUT2D eigenvalue weighted by Gasteiger charge is -2.14. The second kappa shape index (κ2) is 7.76. The van der Waals surface area contributed by atoms with Gasteiger partial charge in [-0.15, -0.1) is 0 Å². The predicted molar refractivity (Wildman–Crippen MR) is 106 cm³/mol. The number of hydrogen-bond acceptors (Lipinski definition) is 2. The van der Waals surface area contributed by atoms with Crippen molar-refractivity contribution in [2.75, 3.05) is 14.2 Å². The van der Waals surface area contributed by atoms with Crippen molar-refractivity contribution in [2.24, 2.45) is 0 Å². The molecule has 0 aromatic heterocycles. The summed E-state index contributed by atoms with van der Waals surface area (Å²) in [6.07, 6.45) is 0. The van der Waals surface area contributed by atoms with Gasteiger partial charge in [0.25, 0.3) is 0 Å². The molecular formula is C20H14Br2F2O2. The maximum absolute atomic E-state index is 14.9. The molecule has 134 valence electrons. The van der Waals surface area contributed by atoms with E-state index in [9.17, 15) is 8.78 Å². The Balaban J connectivity index is 2.20. The van der Waals surface area contributed by atoms with E-state index in [1.165, 1.54) is 14.2 Å². The number of ether oxygens (including phenoxy) is 2. The van der Waals surface area contributed by atoms with Gasteiger partial charge in [-0.05, 0) is 36.4 Å². The lowest BCUT2D eigenvalue weighted by Crippen LogP contribution is -1.97. The van der Waals surface area contributed by atoms with Gasteiger partial charge in [0.2, 0.25) is 0 Å². The Morgan fingerprint density at radius 2 is 1.00 bits per heavy atom. The van der Waals surface area contributed by atoms with Gasteiger partial charge in [-0.3, -0.25) is 0 Å². The standard InChI is InChI=1S/C20H14Br2F2O2/c1-25-17-7-3-11(21)9-15(17)13-5-6-14(20(24)19(13)23)16-10-12(22)4-8-18(16)26-2/h3-10H,1-2H3. The molecule has 3 aromatic rings. The predicted octanol–water partition coefficient (Wildman–Crippen LogP) is 6.84. The van der Waals surface area contributed by atoms with Crippen molar-refractivity contribution >= 4 is 31.9 Å². The van der Waals surface area contributed by atoms with E-state index in [0.29, 0.717) is 22.6 Å². The zero-order valence-corrected chi connectivity index (χ0v) is 17.1. The van der Waals surface area contributed by atoms with E-state index in [2.05, 4.69) is 31.9 Å². The molecule has 3 aromatic carbocycles. The van der Waals surface area contributed by atoms with Crippen LogP contribution in [0.15, 0.2) is 57.5 Å². The van der Waals surface area contributed by atoms with E-state index < -0.39 is 11.6 Å². The van der Waals surface area contributed by atoms with Crippen molar-refractivity contribution in [1.29, 1.82) is 0 Å². The van der Waals surface area contributed by atoms with Crippen molar-refractivity contribution in [2.45, 2.75) is 0 Å². The van der Waals surface area contributed by atoms with Crippen LogP contribution in [-0.4, -0.2) is 14.2 Å². The van der Waals surface area contributed by atoms with Crippen LogP contribution in [0.4, 0.5) is 8.78 Å². The lowest BCUT2D eigenvalue weighted by atomic mass is 9.98. The van der Waals surface area contributed by atoms with Crippen LogP contribution in [0.2, 0.25) is 0 Å². The third kappa shape index (κ3) is 3.48. The van der Waals surface area contributed by atoms with Gasteiger partial charge in [-0.2, -0.15) is 0 Å². The maximum atomic E-state index is 14.9. The van der Waals surface area contributed by atoms with Crippen molar-refractivity contribution in [1.82, 2.24) is 0 Å². The Bertz CT molecular complexity index is 896. The van der Waals surface area contributed by atoms with Crippen LogP contribution in [0.1, 0.15) is 0 Å². The highest BCUT2D eigenvalue weighted by Gasteiger charge is 2.20. The van der Waals surface area contributed by atoms with Crippen molar-refractivity contribution in [3.05, 3.63) is 69.1 Å². The van der Waals surface area contributed by atoms with Crippen molar-refractivity contribution in [3.63, 3.8) is 0 Å². The van der Waals surface area contributed by atoms with Gasteiger partial charge in [0, 0.05) is 31.2 Å². The maximum Gasteiger partial charge on any atom is 0.167 e. The largest absolute Gasteiger partial charge is 0.496 e. The normalized spacial score (nSPS) is 10.7. The Labute approximate surface area is 167 Å². The van der Waals surface area contributed by atoms with Gasteiger partial charge in [-0.1, -0.05) is 44.0 Å². The smallest absolute Gasteiger partial charge is 0.167 e. The zero-order chi connectivity index (χ0) is 18.8. The Morgan fingerprint density at radius 1 is 0.615 bits per heavy atom. The van der Waals surface area contributed by atoms with Crippen LogP contribution in [0.25, 0.3) is 22.3 Å². The minimum Gasteiger partial charge on any atom is -0.496 e. The summed E-state index contributed by atoms with van der Waals surface area (Å²) in [7, 11) is 2.98. The van der Waals surface area contributed by atoms with Crippen LogP contribution < -0.4 is 9.47 Å². The van der Waals surface area contributed by atoms with Gasteiger partial charge in [0.15, 0.2) is 11.6 Å². The van der Waals surface area contributed by atoms with Crippen LogP contribution in [0.3, 0.4) is 0 Å². The van der Waals surface area contributed by atoms with E-state index in [-0.39, 0.29) is 11.1 Å². The summed E-state index contributed by atoms with van der Waals surface area (Å²) in [6, 6.07) is 13.4. The summed E-state index contributed by atoms with van der Waals surface area (Å²) in [5, 5.41) is 0. The summed E-state index contributed by atoms with van der Waals surface area (Å²) < 4.78 is 41.9. The fraction of sp³-hybridized carbons (Fsp3) is 0.100. The van der Waals surface area contributed by atoms with Crippen LogP contribution >= 0.6 is 31.9 Å². The van der Waals surface area contributed by atoms with Crippen molar-refractivity contribution in [3.8, 4) is 33.8 Å². The summed E-state index contributed by atoms with van der Waals surface area (Å²) in [6.45, 7) is 0. The summed E-state index contributed by atoms with van der Waals surface area (Å²) in [5.41, 5.74) is 1.17. The molecule has 6 heteroatoms.